The van der Waals surface area contributed by atoms with Crippen molar-refractivity contribution in [1.82, 2.24) is 9.97 Å². The summed E-state index contributed by atoms with van der Waals surface area (Å²) in [5, 5.41) is 3.95. The highest BCUT2D eigenvalue weighted by Crippen LogP contribution is 2.26. The molecule has 21 heavy (non-hydrogen) atoms. The number of hydrogen-bond acceptors (Lipinski definition) is 5. The van der Waals surface area contributed by atoms with Crippen LogP contribution >= 0.6 is 11.6 Å². The van der Waals surface area contributed by atoms with Crippen LogP contribution in [0.1, 0.15) is 19.4 Å². The lowest BCUT2D eigenvalue weighted by molar-refractivity contribution is 0.843. The number of anilines is 3. The van der Waals surface area contributed by atoms with Crippen molar-refractivity contribution in [2.45, 2.75) is 20.4 Å². The standard InChI is InChI=1S/C15H20ClN5/c1-3-21(4-2)15-13(17)14(19-10-20-15)18-9-11-7-5-6-8-12(11)16/h5-8,10H,3-4,9,17H2,1-2H3,(H,18,19,20). The highest BCUT2D eigenvalue weighted by atomic mass is 35.5. The van der Waals surface area contributed by atoms with Crippen molar-refractivity contribution in [3.63, 3.8) is 0 Å². The van der Waals surface area contributed by atoms with Crippen molar-refractivity contribution in [1.29, 1.82) is 0 Å². The fourth-order valence-electron chi connectivity index (χ4n) is 2.12. The summed E-state index contributed by atoms with van der Waals surface area (Å²) in [7, 11) is 0. The molecule has 5 nitrogen and oxygen atoms in total. The minimum atomic E-state index is 0.563. The van der Waals surface area contributed by atoms with E-state index in [1.54, 1.807) is 0 Å². The molecule has 2 rings (SSSR count). The van der Waals surface area contributed by atoms with Crippen LogP contribution in [0.2, 0.25) is 5.02 Å². The highest BCUT2D eigenvalue weighted by Gasteiger charge is 2.12. The maximum absolute atomic E-state index is 6.18. The first-order chi connectivity index (χ1) is 10.2. The zero-order chi connectivity index (χ0) is 15.2. The minimum Gasteiger partial charge on any atom is -0.393 e. The fourth-order valence-corrected chi connectivity index (χ4v) is 2.33. The van der Waals surface area contributed by atoms with Gasteiger partial charge in [-0.25, -0.2) is 9.97 Å². The van der Waals surface area contributed by atoms with E-state index in [1.807, 2.05) is 24.3 Å². The Kier molecular flexibility index (Phi) is 5.22. The smallest absolute Gasteiger partial charge is 0.157 e. The molecule has 0 saturated heterocycles. The third-order valence-electron chi connectivity index (χ3n) is 3.33. The van der Waals surface area contributed by atoms with Gasteiger partial charge in [0.25, 0.3) is 0 Å². The molecule has 1 aromatic carbocycles. The fraction of sp³-hybridized carbons (Fsp3) is 0.333. The van der Waals surface area contributed by atoms with E-state index in [2.05, 4.69) is 34.0 Å². The van der Waals surface area contributed by atoms with Gasteiger partial charge in [0, 0.05) is 24.7 Å². The van der Waals surface area contributed by atoms with Crippen molar-refractivity contribution in [2.75, 3.05) is 29.0 Å². The summed E-state index contributed by atoms with van der Waals surface area (Å²) in [4.78, 5) is 10.6. The van der Waals surface area contributed by atoms with Crippen LogP contribution < -0.4 is 16.0 Å². The monoisotopic (exact) mass is 305 g/mol. The topological polar surface area (TPSA) is 67.1 Å². The Bertz CT molecular complexity index is 598. The molecule has 0 bridgehead atoms. The molecular weight excluding hydrogens is 286 g/mol. The first-order valence-corrected chi connectivity index (χ1v) is 7.37. The van der Waals surface area contributed by atoms with E-state index in [4.69, 9.17) is 17.3 Å². The second-order valence-electron chi connectivity index (χ2n) is 4.58. The van der Waals surface area contributed by atoms with E-state index in [0.717, 1.165) is 29.5 Å². The Morgan fingerprint density at radius 3 is 2.57 bits per heavy atom. The Morgan fingerprint density at radius 2 is 1.90 bits per heavy atom. The lowest BCUT2D eigenvalue weighted by Crippen LogP contribution is -2.24. The van der Waals surface area contributed by atoms with Crippen LogP contribution in [-0.4, -0.2) is 23.1 Å². The summed E-state index contributed by atoms with van der Waals surface area (Å²) in [6.07, 6.45) is 1.53. The lowest BCUT2D eigenvalue weighted by Gasteiger charge is -2.22. The lowest BCUT2D eigenvalue weighted by atomic mass is 10.2. The van der Waals surface area contributed by atoms with Crippen LogP contribution in [0.3, 0.4) is 0 Å². The summed E-state index contributed by atoms with van der Waals surface area (Å²) < 4.78 is 0. The molecule has 0 atom stereocenters. The molecule has 0 aliphatic heterocycles. The van der Waals surface area contributed by atoms with E-state index >= 15 is 0 Å². The van der Waals surface area contributed by atoms with Gasteiger partial charge >= 0.3 is 0 Å². The molecule has 6 heteroatoms. The van der Waals surface area contributed by atoms with Crippen LogP contribution in [-0.2, 0) is 6.54 Å². The Balaban J connectivity index is 2.18. The van der Waals surface area contributed by atoms with E-state index in [0.29, 0.717) is 18.1 Å². The van der Waals surface area contributed by atoms with E-state index in [1.165, 1.54) is 6.33 Å². The van der Waals surface area contributed by atoms with Gasteiger partial charge in [0.2, 0.25) is 0 Å². The van der Waals surface area contributed by atoms with Crippen LogP contribution in [0.25, 0.3) is 0 Å². The van der Waals surface area contributed by atoms with Crippen molar-refractivity contribution in [3.8, 4) is 0 Å². The van der Waals surface area contributed by atoms with Gasteiger partial charge in [0.1, 0.15) is 12.0 Å². The quantitative estimate of drug-likeness (QED) is 0.858. The van der Waals surface area contributed by atoms with Crippen LogP contribution in [0.15, 0.2) is 30.6 Å². The Morgan fingerprint density at radius 1 is 1.19 bits per heavy atom. The largest absolute Gasteiger partial charge is 0.393 e. The zero-order valence-electron chi connectivity index (χ0n) is 12.3. The van der Waals surface area contributed by atoms with E-state index < -0.39 is 0 Å². The summed E-state index contributed by atoms with van der Waals surface area (Å²) in [5.74, 6) is 1.39. The molecule has 0 radical (unpaired) electrons. The van der Waals surface area contributed by atoms with Crippen molar-refractivity contribution < 1.29 is 0 Å². The van der Waals surface area contributed by atoms with Crippen LogP contribution in [0, 0.1) is 0 Å². The third-order valence-corrected chi connectivity index (χ3v) is 3.70. The van der Waals surface area contributed by atoms with E-state index in [9.17, 15) is 0 Å². The first-order valence-electron chi connectivity index (χ1n) is 7.00. The number of rotatable bonds is 6. The number of nitrogens with two attached hydrogens (primary N) is 1. The average Bonchev–Trinajstić information content (AvgIpc) is 2.50. The zero-order valence-corrected chi connectivity index (χ0v) is 13.1. The summed E-state index contributed by atoms with van der Waals surface area (Å²) in [6.45, 7) is 6.41. The van der Waals surface area contributed by atoms with E-state index in [-0.39, 0.29) is 0 Å². The van der Waals surface area contributed by atoms with Crippen LogP contribution in [0.4, 0.5) is 17.3 Å². The number of benzene rings is 1. The third kappa shape index (κ3) is 3.55. The highest BCUT2D eigenvalue weighted by molar-refractivity contribution is 6.31. The number of nitrogens with one attached hydrogen (secondary N) is 1. The molecule has 0 aliphatic carbocycles. The molecule has 3 N–H and O–H groups in total. The Hall–Kier alpha value is -2.01. The predicted molar refractivity (Wildman–Crippen MR) is 88.8 cm³/mol. The Labute approximate surface area is 130 Å². The van der Waals surface area contributed by atoms with Gasteiger partial charge in [0.05, 0.1) is 0 Å². The maximum Gasteiger partial charge on any atom is 0.157 e. The first kappa shape index (κ1) is 15.4. The normalized spacial score (nSPS) is 10.4. The van der Waals surface area contributed by atoms with Crippen LogP contribution in [0.5, 0.6) is 0 Å². The molecule has 0 saturated carbocycles. The molecule has 1 heterocycles. The SMILES string of the molecule is CCN(CC)c1ncnc(NCc2ccccc2Cl)c1N. The van der Waals surface area contributed by atoms with Crippen molar-refractivity contribution in [3.05, 3.63) is 41.2 Å². The summed E-state index contributed by atoms with van der Waals surface area (Å²) in [5.41, 5.74) is 7.74. The predicted octanol–water partition coefficient (Wildman–Crippen LogP) is 3.17. The number of nitrogen functional groups attached to an aromatic ring is 1. The van der Waals surface area contributed by atoms with Gasteiger partial charge in [-0.05, 0) is 25.5 Å². The number of halogens is 1. The molecule has 0 fully saturated rings. The number of nitrogens with zero attached hydrogens (tertiary/aromatic N) is 3. The average molecular weight is 306 g/mol. The molecule has 0 amide bonds. The molecular formula is C15H20ClN5. The molecule has 1 aromatic heterocycles. The molecule has 0 aliphatic rings. The second kappa shape index (κ2) is 7.13. The molecule has 0 spiro atoms. The van der Waals surface area contributed by atoms with Gasteiger partial charge < -0.3 is 16.0 Å². The molecule has 0 unspecified atom stereocenters. The second-order valence-corrected chi connectivity index (χ2v) is 4.98. The van der Waals surface area contributed by atoms with Crippen molar-refractivity contribution >= 4 is 28.9 Å². The van der Waals surface area contributed by atoms with Gasteiger partial charge in [-0.2, -0.15) is 0 Å². The number of aromatic nitrogens is 2. The maximum atomic E-state index is 6.18. The minimum absolute atomic E-state index is 0.563. The van der Waals surface area contributed by atoms with Gasteiger partial charge in [-0.1, -0.05) is 29.8 Å². The van der Waals surface area contributed by atoms with Gasteiger partial charge in [-0.3, -0.25) is 0 Å². The van der Waals surface area contributed by atoms with Gasteiger partial charge in [-0.15, -0.1) is 0 Å². The molecule has 2 aromatic rings. The van der Waals surface area contributed by atoms with Gasteiger partial charge in [0.15, 0.2) is 11.6 Å². The molecule has 112 valence electrons. The summed E-state index contributed by atoms with van der Waals surface area (Å²) >= 11 is 6.14. The number of hydrogen-bond donors (Lipinski definition) is 2. The summed E-state index contributed by atoms with van der Waals surface area (Å²) in [6, 6.07) is 7.69. The van der Waals surface area contributed by atoms with Crippen molar-refractivity contribution in [2.24, 2.45) is 0 Å².